The Labute approximate surface area is 94.0 Å². The minimum atomic E-state index is 0.475. The topological polar surface area (TPSA) is 57.4 Å². The quantitative estimate of drug-likeness (QED) is 0.852. The van der Waals surface area contributed by atoms with Gasteiger partial charge in [0, 0.05) is 24.2 Å². The van der Waals surface area contributed by atoms with E-state index in [9.17, 15) is 0 Å². The number of nitrogens with two attached hydrogens (primary N) is 1. The van der Waals surface area contributed by atoms with Gasteiger partial charge in [-0.1, -0.05) is 0 Å². The maximum atomic E-state index is 5.58. The first kappa shape index (κ1) is 10.7. The summed E-state index contributed by atoms with van der Waals surface area (Å²) in [6.07, 6.45) is 1.76. The number of nitrogens with zero attached hydrogens (tertiary/aromatic N) is 1. The molecule has 0 atom stereocenters. The predicted octanol–water partition coefficient (Wildman–Crippen LogP) is 1.71. The van der Waals surface area contributed by atoms with E-state index < -0.39 is 0 Å². The summed E-state index contributed by atoms with van der Waals surface area (Å²) in [5.41, 5.74) is 7.39. The third kappa shape index (κ3) is 1.79. The zero-order valence-electron chi connectivity index (χ0n) is 9.36. The van der Waals surface area contributed by atoms with Gasteiger partial charge in [-0.2, -0.15) is 0 Å². The summed E-state index contributed by atoms with van der Waals surface area (Å²) in [6.45, 7) is 0.475. The highest BCUT2D eigenvalue weighted by Gasteiger charge is 2.06. The van der Waals surface area contributed by atoms with Crippen molar-refractivity contribution in [2.45, 2.75) is 6.54 Å². The molecule has 0 aliphatic carbocycles. The van der Waals surface area contributed by atoms with Crippen LogP contribution in [0.3, 0.4) is 0 Å². The molecule has 4 heteroatoms. The van der Waals surface area contributed by atoms with E-state index in [4.69, 9.17) is 15.2 Å². The van der Waals surface area contributed by atoms with Gasteiger partial charge in [0.1, 0.15) is 17.0 Å². The molecule has 2 N–H and O–H groups in total. The maximum absolute atomic E-state index is 5.58. The van der Waals surface area contributed by atoms with E-state index in [-0.39, 0.29) is 0 Å². The predicted molar refractivity (Wildman–Crippen MR) is 62.7 cm³/mol. The van der Waals surface area contributed by atoms with E-state index in [0.717, 1.165) is 22.2 Å². The Morgan fingerprint density at radius 3 is 2.62 bits per heavy atom. The molecule has 2 aromatic rings. The molecule has 1 aromatic carbocycles. The van der Waals surface area contributed by atoms with Crippen LogP contribution in [-0.2, 0) is 6.54 Å². The monoisotopic (exact) mass is 218 g/mol. The standard InChI is InChI=1S/C12H14N2O2/c1-15-10-4-9-3-8(6-13)7-14-12(9)11(5-10)16-2/h3-5,7H,6,13H2,1-2H3. The fraction of sp³-hybridized carbons (Fsp3) is 0.250. The van der Waals surface area contributed by atoms with Gasteiger partial charge in [0.15, 0.2) is 0 Å². The normalized spacial score (nSPS) is 10.4. The van der Waals surface area contributed by atoms with E-state index in [1.807, 2.05) is 18.2 Å². The number of methoxy groups -OCH3 is 2. The van der Waals surface area contributed by atoms with Crippen molar-refractivity contribution in [3.63, 3.8) is 0 Å². The van der Waals surface area contributed by atoms with Crippen molar-refractivity contribution in [1.82, 2.24) is 4.98 Å². The zero-order chi connectivity index (χ0) is 11.5. The average molecular weight is 218 g/mol. The van der Waals surface area contributed by atoms with Crippen molar-refractivity contribution >= 4 is 10.9 Å². The Morgan fingerprint density at radius 1 is 1.19 bits per heavy atom. The minimum absolute atomic E-state index is 0.475. The van der Waals surface area contributed by atoms with Crippen LogP contribution in [0.1, 0.15) is 5.56 Å². The molecule has 1 heterocycles. The van der Waals surface area contributed by atoms with Crippen molar-refractivity contribution in [1.29, 1.82) is 0 Å². The largest absolute Gasteiger partial charge is 0.497 e. The fourth-order valence-electron chi connectivity index (χ4n) is 1.62. The van der Waals surface area contributed by atoms with Crippen LogP contribution in [0.25, 0.3) is 10.9 Å². The van der Waals surface area contributed by atoms with Crippen LogP contribution in [-0.4, -0.2) is 19.2 Å². The van der Waals surface area contributed by atoms with Gasteiger partial charge in [0.25, 0.3) is 0 Å². The van der Waals surface area contributed by atoms with Crippen LogP contribution in [0.2, 0.25) is 0 Å². The van der Waals surface area contributed by atoms with Crippen LogP contribution in [0, 0.1) is 0 Å². The van der Waals surface area contributed by atoms with Gasteiger partial charge in [-0.15, -0.1) is 0 Å². The lowest BCUT2D eigenvalue weighted by atomic mass is 10.1. The minimum Gasteiger partial charge on any atom is -0.497 e. The second-order valence-electron chi connectivity index (χ2n) is 3.45. The summed E-state index contributed by atoms with van der Waals surface area (Å²) in [4.78, 5) is 4.34. The number of rotatable bonds is 3. The number of pyridine rings is 1. The van der Waals surface area contributed by atoms with Gasteiger partial charge in [0.05, 0.1) is 14.2 Å². The average Bonchev–Trinajstić information content (AvgIpc) is 2.36. The SMILES string of the molecule is COc1cc(OC)c2ncc(CN)cc2c1. The van der Waals surface area contributed by atoms with E-state index in [0.29, 0.717) is 12.3 Å². The van der Waals surface area contributed by atoms with Crippen molar-refractivity contribution in [2.24, 2.45) is 5.73 Å². The molecule has 0 aliphatic heterocycles. The molecule has 0 bridgehead atoms. The van der Waals surface area contributed by atoms with E-state index in [2.05, 4.69) is 4.98 Å². The lowest BCUT2D eigenvalue weighted by molar-refractivity contribution is 0.397. The van der Waals surface area contributed by atoms with Crippen molar-refractivity contribution < 1.29 is 9.47 Å². The second-order valence-corrected chi connectivity index (χ2v) is 3.45. The Balaban J connectivity index is 2.68. The van der Waals surface area contributed by atoms with E-state index in [1.54, 1.807) is 20.4 Å². The molecule has 1 aromatic heterocycles. The van der Waals surface area contributed by atoms with Gasteiger partial charge < -0.3 is 15.2 Å². The molecular formula is C12H14N2O2. The zero-order valence-corrected chi connectivity index (χ0v) is 9.36. The number of hydrogen-bond donors (Lipinski definition) is 1. The van der Waals surface area contributed by atoms with Crippen LogP contribution >= 0.6 is 0 Å². The summed E-state index contributed by atoms with van der Waals surface area (Å²) in [5, 5.41) is 0.971. The molecule has 0 spiro atoms. The molecule has 0 amide bonds. The van der Waals surface area contributed by atoms with Gasteiger partial charge in [-0.25, -0.2) is 0 Å². The molecule has 0 radical (unpaired) electrons. The van der Waals surface area contributed by atoms with Crippen molar-refractivity contribution in [3.8, 4) is 11.5 Å². The Hall–Kier alpha value is -1.81. The molecule has 0 fully saturated rings. The lowest BCUT2D eigenvalue weighted by Gasteiger charge is -2.08. The smallest absolute Gasteiger partial charge is 0.148 e. The first-order chi connectivity index (χ1) is 7.78. The van der Waals surface area contributed by atoms with Crippen LogP contribution in [0.15, 0.2) is 24.4 Å². The highest BCUT2D eigenvalue weighted by atomic mass is 16.5. The van der Waals surface area contributed by atoms with E-state index >= 15 is 0 Å². The number of hydrogen-bond acceptors (Lipinski definition) is 4. The van der Waals surface area contributed by atoms with E-state index in [1.165, 1.54) is 0 Å². The van der Waals surface area contributed by atoms with Crippen LogP contribution in [0.5, 0.6) is 11.5 Å². The Morgan fingerprint density at radius 2 is 2.00 bits per heavy atom. The molecule has 16 heavy (non-hydrogen) atoms. The lowest BCUT2D eigenvalue weighted by Crippen LogP contribution is -1.98. The van der Waals surface area contributed by atoms with Gasteiger partial charge in [0.2, 0.25) is 0 Å². The summed E-state index contributed by atoms with van der Waals surface area (Å²) < 4.78 is 10.5. The van der Waals surface area contributed by atoms with Crippen molar-refractivity contribution in [3.05, 3.63) is 30.0 Å². The highest BCUT2D eigenvalue weighted by molar-refractivity contribution is 5.86. The molecule has 0 aliphatic rings. The molecule has 0 saturated carbocycles. The molecule has 4 nitrogen and oxygen atoms in total. The van der Waals surface area contributed by atoms with Crippen LogP contribution in [0.4, 0.5) is 0 Å². The molecule has 84 valence electrons. The molecule has 0 saturated heterocycles. The summed E-state index contributed by atoms with van der Waals surface area (Å²) in [7, 11) is 3.24. The molecule has 2 rings (SSSR count). The first-order valence-electron chi connectivity index (χ1n) is 4.99. The molecule has 0 unspecified atom stereocenters. The van der Waals surface area contributed by atoms with Gasteiger partial charge in [-0.05, 0) is 17.7 Å². The third-order valence-corrected chi connectivity index (χ3v) is 2.47. The van der Waals surface area contributed by atoms with Gasteiger partial charge in [-0.3, -0.25) is 4.98 Å². The Bertz CT molecular complexity index is 506. The summed E-state index contributed by atoms with van der Waals surface area (Å²) in [6, 6.07) is 5.73. The summed E-state index contributed by atoms with van der Waals surface area (Å²) >= 11 is 0. The van der Waals surface area contributed by atoms with Gasteiger partial charge >= 0.3 is 0 Å². The Kier molecular flexibility index (Phi) is 2.92. The first-order valence-corrected chi connectivity index (χ1v) is 4.99. The maximum Gasteiger partial charge on any atom is 0.148 e. The third-order valence-electron chi connectivity index (χ3n) is 2.47. The summed E-state index contributed by atoms with van der Waals surface area (Å²) in [5.74, 6) is 1.46. The second kappa shape index (κ2) is 4.37. The number of aromatic nitrogens is 1. The molecular weight excluding hydrogens is 204 g/mol. The van der Waals surface area contributed by atoms with Crippen LogP contribution < -0.4 is 15.2 Å². The number of benzene rings is 1. The number of fused-ring (bicyclic) bond motifs is 1. The fourth-order valence-corrected chi connectivity index (χ4v) is 1.62. The number of ether oxygens (including phenoxy) is 2. The van der Waals surface area contributed by atoms with Crippen molar-refractivity contribution in [2.75, 3.05) is 14.2 Å². The highest BCUT2D eigenvalue weighted by Crippen LogP contribution is 2.29.